The smallest absolute Gasteiger partial charge is 0.336 e. The molecule has 3 rings (SSSR count). The van der Waals surface area contributed by atoms with Crippen LogP contribution in [0.2, 0.25) is 0 Å². The summed E-state index contributed by atoms with van der Waals surface area (Å²) in [6, 6.07) is 0.326. The molecule has 132 valence electrons. The first kappa shape index (κ1) is 17.0. The third-order valence-electron chi connectivity index (χ3n) is 4.57. The Morgan fingerprint density at radius 1 is 1.46 bits per heavy atom. The van der Waals surface area contributed by atoms with E-state index in [1.54, 1.807) is 4.52 Å². The molecule has 0 aliphatic carbocycles. The van der Waals surface area contributed by atoms with E-state index in [0.29, 0.717) is 17.5 Å². The first-order chi connectivity index (χ1) is 11.6. The Hall–Kier alpha value is -1.89. The summed E-state index contributed by atoms with van der Waals surface area (Å²) in [5.41, 5.74) is 7.68. The SMILES string of the molecule is CCCC(C)Oc1nc(N)c2ncc(CN3CCC[C@H](C)C3)n2n1. The van der Waals surface area contributed by atoms with Crippen molar-refractivity contribution >= 4 is 11.5 Å². The molecule has 7 heteroatoms. The van der Waals surface area contributed by atoms with E-state index < -0.39 is 0 Å². The van der Waals surface area contributed by atoms with Crippen molar-refractivity contribution in [3.63, 3.8) is 0 Å². The van der Waals surface area contributed by atoms with Crippen molar-refractivity contribution in [3.8, 4) is 6.01 Å². The number of hydrogen-bond acceptors (Lipinski definition) is 6. The molecule has 2 atom stereocenters. The molecule has 24 heavy (non-hydrogen) atoms. The van der Waals surface area contributed by atoms with Crippen molar-refractivity contribution < 1.29 is 4.74 Å². The third-order valence-corrected chi connectivity index (χ3v) is 4.57. The van der Waals surface area contributed by atoms with Crippen LogP contribution >= 0.6 is 0 Å². The first-order valence-electron chi connectivity index (χ1n) is 8.96. The van der Waals surface area contributed by atoms with Crippen molar-refractivity contribution in [2.75, 3.05) is 18.8 Å². The third kappa shape index (κ3) is 3.77. The van der Waals surface area contributed by atoms with Crippen LogP contribution in [0.4, 0.5) is 5.82 Å². The second-order valence-electron chi connectivity index (χ2n) is 6.96. The molecule has 2 aromatic rings. The number of nitrogen functional groups attached to an aromatic ring is 1. The quantitative estimate of drug-likeness (QED) is 0.875. The van der Waals surface area contributed by atoms with Crippen LogP contribution in [0.15, 0.2) is 6.20 Å². The fourth-order valence-corrected chi connectivity index (χ4v) is 3.39. The monoisotopic (exact) mass is 332 g/mol. The lowest BCUT2D eigenvalue weighted by Gasteiger charge is -2.30. The lowest BCUT2D eigenvalue weighted by molar-refractivity contribution is 0.172. The number of rotatable bonds is 6. The summed E-state index contributed by atoms with van der Waals surface area (Å²) in [6.07, 6.45) is 6.50. The number of piperidine rings is 1. The van der Waals surface area contributed by atoms with Gasteiger partial charge in [-0.2, -0.15) is 4.98 Å². The van der Waals surface area contributed by atoms with Crippen molar-refractivity contribution in [1.82, 2.24) is 24.5 Å². The molecule has 1 aliphatic rings. The maximum Gasteiger partial charge on any atom is 0.336 e. The number of anilines is 1. The summed E-state index contributed by atoms with van der Waals surface area (Å²) < 4.78 is 7.60. The van der Waals surface area contributed by atoms with Gasteiger partial charge in [-0.05, 0) is 38.6 Å². The molecule has 0 radical (unpaired) electrons. The van der Waals surface area contributed by atoms with Gasteiger partial charge in [0, 0.05) is 13.1 Å². The Balaban J connectivity index is 1.82. The average molecular weight is 332 g/mol. The molecular weight excluding hydrogens is 304 g/mol. The van der Waals surface area contributed by atoms with Gasteiger partial charge in [0.15, 0.2) is 11.5 Å². The topological polar surface area (TPSA) is 81.6 Å². The number of imidazole rings is 1. The minimum absolute atomic E-state index is 0.0711. The molecule has 3 heterocycles. The highest BCUT2D eigenvalue weighted by molar-refractivity contribution is 5.59. The standard InChI is InChI=1S/C17H28N6O/c1-4-6-13(3)24-17-20-15(18)16-19-9-14(23(16)21-17)11-22-8-5-7-12(2)10-22/h9,12-13H,4-8,10-11H2,1-3H3,(H2,18,20,21)/t12-,13?/m0/s1. The van der Waals surface area contributed by atoms with Crippen LogP contribution in [0.25, 0.3) is 5.65 Å². The van der Waals surface area contributed by atoms with Gasteiger partial charge in [0.2, 0.25) is 0 Å². The molecule has 2 aromatic heterocycles. The summed E-state index contributed by atoms with van der Waals surface area (Å²) >= 11 is 0. The fraction of sp³-hybridized carbons (Fsp3) is 0.706. The van der Waals surface area contributed by atoms with Gasteiger partial charge in [-0.3, -0.25) is 4.90 Å². The molecule has 0 bridgehead atoms. The first-order valence-corrected chi connectivity index (χ1v) is 8.96. The molecule has 0 amide bonds. The highest BCUT2D eigenvalue weighted by Gasteiger charge is 2.19. The predicted octanol–water partition coefficient (Wildman–Crippen LogP) is 2.51. The normalized spacial score (nSPS) is 20.4. The van der Waals surface area contributed by atoms with Gasteiger partial charge in [-0.1, -0.05) is 20.3 Å². The van der Waals surface area contributed by atoms with E-state index in [4.69, 9.17) is 10.5 Å². The maximum atomic E-state index is 6.05. The Morgan fingerprint density at radius 2 is 2.29 bits per heavy atom. The Labute approximate surface area is 143 Å². The van der Waals surface area contributed by atoms with Crippen LogP contribution in [-0.2, 0) is 6.54 Å². The number of nitrogens with two attached hydrogens (primary N) is 1. The zero-order chi connectivity index (χ0) is 17.1. The number of fused-ring (bicyclic) bond motifs is 1. The molecule has 0 aromatic carbocycles. The van der Waals surface area contributed by atoms with Gasteiger partial charge in [0.05, 0.1) is 18.0 Å². The Bertz CT molecular complexity index is 685. The minimum Gasteiger partial charge on any atom is -0.459 e. The number of nitrogens with zero attached hydrogens (tertiary/aromatic N) is 5. The van der Waals surface area contributed by atoms with Crippen LogP contribution in [0.1, 0.15) is 52.1 Å². The van der Waals surface area contributed by atoms with E-state index in [-0.39, 0.29) is 6.10 Å². The lowest BCUT2D eigenvalue weighted by Crippen LogP contribution is -2.34. The number of likely N-dealkylation sites (tertiary alicyclic amines) is 1. The minimum atomic E-state index is 0.0711. The van der Waals surface area contributed by atoms with E-state index >= 15 is 0 Å². The van der Waals surface area contributed by atoms with E-state index in [0.717, 1.165) is 44.1 Å². The summed E-state index contributed by atoms with van der Waals surface area (Å²) in [5.74, 6) is 1.10. The Kier molecular flexibility index (Phi) is 5.18. The number of ether oxygens (including phenoxy) is 1. The molecule has 0 saturated carbocycles. The Morgan fingerprint density at radius 3 is 3.04 bits per heavy atom. The summed E-state index contributed by atoms with van der Waals surface area (Å²) in [4.78, 5) is 11.1. The molecule has 0 spiro atoms. The van der Waals surface area contributed by atoms with Gasteiger partial charge in [0.1, 0.15) is 0 Å². The maximum absolute atomic E-state index is 6.05. The fourth-order valence-electron chi connectivity index (χ4n) is 3.39. The second-order valence-corrected chi connectivity index (χ2v) is 6.96. The summed E-state index contributed by atoms with van der Waals surface area (Å²) in [7, 11) is 0. The molecule has 1 aliphatic heterocycles. The predicted molar refractivity (Wildman–Crippen MR) is 93.9 cm³/mol. The van der Waals surface area contributed by atoms with E-state index in [2.05, 4.69) is 33.8 Å². The molecule has 1 fully saturated rings. The van der Waals surface area contributed by atoms with Crippen molar-refractivity contribution in [2.24, 2.45) is 5.92 Å². The van der Waals surface area contributed by atoms with E-state index in [1.807, 2.05) is 13.1 Å². The van der Waals surface area contributed by atoms with Gasteiger partial charge < -0.3 is 10.5 Å². The molecule has 7 nitrogen and oxygen atoms in total. The van der Waals surface area contributed by atoms with Crippen LogP contribution in [0.5, 0.6) is 6.01 Å². The molecule has 2 N–H and O–H groups in total. The molecule has 1 saturated heterocycles. The van der Waals surface area contributed by atoms with Gasteiger partial charge in [0.25, 0.3) is 0 Å². The van der Waals surface area contributed by atoms with Gasteiger partial charge in [-0.25, -0.2) is 9.50 Å². The van der Waals surface area contributed by atoms with Crippen LogP contribution in [-0.4, -0.2) is 43.7 Å². The van der Waals surface area contributed by atoms with Crippen LogP contribution in [0, 0.1) is 5.92 Å². The van der Waals surface area contributed by atoms with Crippen molar-refractivity contribution in [1.29, 1.82) is 0 Å². The molecular formula is C17H28N6O. The van der Waals surface area contributed by atoms with Gasteiger partial charge in [-0.15, -0.1) is 5.10 Å². The largest absolute Gasteiger partial charge is 0.459 e. The number of hydrogen-bond donors (Lipinski definition) is 1. The zero-order valence-corrected chi connectivity index (χ0v) is 14.9. The zero-order valence-electron chi connectivity index (χ0n) is 14.9. The van der Waals surface area contributed by atoms with E-state index in [9.17, 15) is 0 Å². The van der Waals surface area contributed by atoms with Crippen LogP contribution in [0.3, 0.4) is 0 Å². The lowest BCUT2D eigenvalue weighted by atomic mass is 10.0. The highest BCUT2D eigenvalue weighted by atomic mass is 16.5. The van der Waals surface area contributed by atoms with E-state index in [1.165, 1.54) is 12.8 Å². The van der Waals surface area contributed by atoms with Crippen molar-refractivity contribution in [3.05, 3.63) is 11.9 Å². The highest BCUT2D eigenvalue weighted by Crippen LogP contribution is 2.20. The van der Waals surface area contributed by atoms with Crippen molar-refractivity contribution in [2.45, 2.75) is 59.1 Å². The summed E-state index contributed by atoms with van der Waals surface area (Å²) in [5, 5.41) is 4.52. The second kappa shape index (κ2) is 7.34. The number of aromatic nitrogens is 4. The summed E-state index contributed by atoms with van der Waals surface area (Å²) in [6.45, 7) is 9.52. The average Bonchev–Trinajstić information content (AvgIpc) is 2.91. The molecule has 1 unspecified atom stereocenters. The van der Waals surface area contributed by atoms with Gasteiger partial charge >= 0.3 is 6.01 Å². The van der Waals surface area contributed by atoms with Crippen LogP contribution < -0.4 is 10.5 Å².